The molecule has 0 amide bonds. The van der Waals surface area contributed by atoms with Crippen LogP contribution in [0.1, 0.15) is 46.5 Å². The lowest BCUT2D eigenvalue weighted by Crippen LogP contribution is -2.28. The van der Waals surface area contributed by atoms with E-state index in [1.54, 1.807) is 18.2 Å². The van der Waals surface area contributed by atoms with Crippen molar-refractivity contribution in [3.05, 3.63) is 80.2 Å². The van der Waals surface area contributed by atoms with E-state index in [4.69, 9.17) is 16.1 Å². The number of rotatable bonds is 8. The topological polar surface area (TPSA) is 100.0 Å². The quantitative estimate of drug-likeness (QED) is 0.201. The van der Waals surface area contributed by atoms with E-state index in [2.05, 4.69) is 16.8 Å². The van der Waals surface area contributed by atoms with Gasteiger partial charge in [-0.05, 0) is 29.8 Å². The molecule has 4 aromatic heterocycles. The van der Waals surface area contributed by atoms with Crippen molar-refractivity contribution in [2.45, 2.75) is 38.1 Å². The summed E-state index contributed by atoms with van der Waals surface area (Å²) in [7, 11) is 0. The third-order valence-electron chi connectivity index (χ3n) is 5.21. The molecule has 0 atom stereocenters. The average Bonchev–Trinajstić information content (AvgIpc) is 3.59. The lowest BCUT2D eigenvalue weighted by atomic mass is 9.96. The number of thioether (sulfide) groups is 1. The Bertz CT molecular complexity index is 1490. The van der Waals surface area contributed by atoms with E-state index in [1.165, 1.54) is 50.9 Å². The molecule has 186 valence electrons. The number of hydrogen-bond acceptors (Lipinski definition) is 8. The van der Waals surface area contributed by atoms with Crippen molar-refractivity contribution in [3.8, 4) is 11.3 Å². The highest BCUT2D eigenvalue weighted by atomic mass is 35.5. The molecule has 4 rings (SSSR count). The van der Waals surface area contributed by atoms with Gasteiger partial charge in [-0.2, -0.15) is 9.78 Å². The van der Waals surface area contributed by atoms with Gasteiger partial charge in [0.05, 0.1) is 16.4 Å². The van der Waals surface area contributed by atoms with Crippen LogP contribution in [0.25, 0.3) is 17.3 Å². The van der Waals surface area contributed by atoms with E-state index in [0.717, 1.165) is 4.88 Å². The van der Waals surface area contributed by atoms with E-state index in [0.29, 0.717) is 26.4 Å². The molecular weight excluding hydrogens is 520 g/mol. The summed E-state index contributed by atoms with van der Waals surface area (Å²) in [6, 6.07) is 8.61. The lowest BCUT2D eigenvalue weighted by molar-refractivity contribution is 0.0736. The minimum Gasteiger partial charge on any atom is -0.364 e. The van der Waals surface area contributed by atoms with Gasteiger partial charge in [0.15, 0.2) is 5.69 Å². The van der Waals surface area contributed by atoms with Crippen LogP contribution in [0.2, 0.25) is 4.34 Å². The van der Waals surface area contributed by atoms with Gasteiger partial charge in [-0.25, -0.2) is 0 Å². The maximum absolute atomic E-state index is 13.5. The normalized spacial score (nSPS) is 11.6. The Hall–Kier alpha value is -3.21. The van der Waals surface area contributed by atoms with Gasteiger partial charge in [0, 0.05) is 28.3 Å². The maximum Gasteiger partial charge on any atom is 0.261 e. The zero-order valence-electron chi connectivity index (χ0n) is 19.9. The number of ketones is 1. The molecule has 0 spiro atoms. The van der Waals surface area contributed by atoms with Crippen molar-refractivity contribution in [3.63, 3.8) is 0 Å². The fraction of sp³-hybridized carbons (Fsp3) is 0.240. The van der Waals surface area contributed by atoms with Crippen LogP contribution >= 0.6 is 34.7 Å². The molecule has 0 aliphatic rings. The van der Waals surface area contributed by atoms with Gasteiger partial charge in [-0.15, -0.1) is 23.1 Å². The fourth-order valence-electron chi connectivity index (χ4n) is 3.36. The second-order valence-electron chi connectivity index (χ2n) is 8.92. The third kappa shape index (κ3) is 5.45. The molecule has 0 unspecified atom stereocenters. The van der Waals surface area contributed by atoms with Crippen LogP contribution in [0, 0.1) is 5.41 Å². The Labute approximate surface area is 220 Å². The molecule has 0 saturated carbocycles. The molecule has 4 heterocycles. The zero-order chi connectivity index (χ0) is 26.0. The van der Waals surface area contributed by atoms with E-state index >= 15 is 0 Å². The highest BCUT2D eigenvalue weighted by Crippen LogP contribution is 2.33. The molecule has 11 heteroatoms. The smallest absolute Gasteiger partial charge is 0.261 e. The number of nitrogens with zero attached hydrogens (tertiary/aromatic N) is 4. The first-order valence-electron chi connectivity index (χ1n) is 10.9. The molecule has 0 radical (unpaired) electrons. The van der Waals surface area contributed by atoms with Crippen molar-refractivity contribution in [1.29, 1.82) is 0 Å². The van der Waals surface area contributed by atoms with Crippen LogP contribution in [-0.4, -0.2) is 31.2 Å². The van der Waals surface area contributed by atoms with Crippen molar-refractivity contribution in [2.24, 2.45) is 5.41 Å². The molecule has 0 bridgehead atoms. The highest BCUT2D eigenvalue weighted by Gasteiger charge is 2.28. The largest absolute Gasteiger partial charge is 0.364 e. The van der Waals surface area contributed by atoms with E-state index in [9.17, 15) is 14.4 Å². The van der Waals surface area contributed by atoms with E-state index in [-0.39, 0.29) is 29.5 Å². The van der Waals surface area contributed by atoms with Crippen molar-refractivity contribution in [2.75, 3.05) is 0 Å². The summed E-state index contributed by atoms with van der Waals surface area (Å²) < 4.78 is 8.05. The summed E-state index contributed by atoms with van der Waals surface area (Å²) in [6.45, 7) is 9.02. The molecule has 4 aromatic rings. The number of aromatic nitrogens is 4. The zero-order valence-corrected chi connectivity index (χ0v) is 22.2. The van der Waals surface area contributed by atoms with Crippen LogP contribution in [0.4, 0.5) is 0 Å². The van der Waals surface area contributed by atoms with Crippen molar-refractivity contribution in [1.82, 2.24) is 19.5 Å². The molecule has 8 nitrogen and oxygen atoms in total. The Balaban J connectivity index is 1.76. The number of Topliss-reactive ketones (excluding diaryl/α,β-unsaturated/α-hetero) is 1. The van der Waals surface area contributed by atoms with Gasteiger partial charge in [0.25, 0.3) is 11.5 Å². The summed E-state index contributed by atoms with van der Waals surface area (Å²) in [4.78, 5) is 40.3. The molecular formula is C25H23ClN4O4S2. The first-order chi connectivity index (χ1) is 17.1. The number of hydrogen-bond donors (Lipinski definition) is 0. The standard InChI is InChI=1S/C25H23ClN4O4S2/c1-5-15-8-10-29(13-19(31)17-9-11-34-28-17)23(32)22(15)18-12-21(30(27-18)24(33)25(2,3)4)35-14-16-6-7-20(26)36-16/h5-12H,1,13-14H2,2-4H3. The summed E-state index contributed by atoms with van der Waals surface area (Å²) in [5, 5.41) is 8.79. The highest BCUT2D eigenvalue weighted by molar-refractivity contribution is 7.98. The van der Waals surface area contributed by atoms with Gasteiger partial charge in [0.2, 0.25) is 5.78 Å². The van der Waals surface area contributed by atoms with E-state index in [1.807, 2.05) is 32.9 Å². The van der Waals surface area contributed by atoms with Crippen molar-refractivity contribution >= 4 is 52.5 Å². The van der Waals surface area contributed by atoms with Crippen LogP contribution in [0.15, 0.2) is 63.7 Å². The van der Waals surface area contributed by atoms with Gasteiger partial charge >= 0.3 is 0 Å². The van der Waals surface area contributed by atoms with Crippen LogP contribution in [-0.2, 0) is 12.3 Å². The first kappa shape index (κ1) is 25.9. The average molecular weight is 543 g/mol. The molecule has 0 N–H and O–H groups in total. The Kier molecular flexibility index (Phi) is 7.49. The van der Waals surface area contributed by atoms with Crippen LogP contribution in [0.5, 0.6) is 0 Å². The first-order valence-corrected chi connectivity index (χ1v) is 13.1. The van der Waals surface area contributed by atoms with Gasteiger partial charge in [0.1, 0.15) is 17.0 Å². The number of pyridine rings is 1. The third-order valence-corrected chi connectivity index (χ3v) is 7.67. The molecule has 0 aliphatic heterocycles. The minimum absolute atomic E-state index is 0.128. The second-order valence-corrected chi connectivity index (χ2v) is 11.7. The van der Waals surface area contributed by atoms with Crippen molar-refractivity contribution < 1.29 is 14.1 Å². The molecule has 0 aliphatic carbocycles. The number of carbonyl (C=O) groups is 2. The summed E-state index contributed by atoms with van der Waals surface area (Å²) in [5.41, 5.74) is 0.110. The predicted octanol–water partition coefficient (Wildman–Crippen LogP) is 5.92. The van der Waals surface area contributed by atoms with Crippen LogP contribution < -0.4 is 5.56 Å². The van der Waals surface area contributed by atoms with Crippen LogP contribution in [0.3, 0.4) is 0 Å². The number of carbonyl (C=O) groups excluding carboxylic acids is 2. The van der Waals surface area contributed by atoms with E-state index < -0.39 is 11.0 Å². The fourth-order valence-corrected chi connectivity index (χ4v) is 5.48. The Morgan fingerprint density at radius 2 is 2.03 bits per heavy atom. The Morgan fingerprint density at radius 3 is 2.64 bits per heavy atom. The number of thiophene rings is 1. The SMILES string of the molecule is C=Cc1ccn(CC(=O)c2ccon2)c(=O)c1-c1cc(SCc2ccc(Cl)s2)n(C(=O)C(C)(C)C)n1. The Morgan fingerprint density at radius 1 is 1.25 bits per heavy atom. The predicted molar refractivity (Wildman–Crippen MR) is 142 cm³/mol. The second kappa shape index (κ2) is 10.4. The summed E-state index contributed by atoms with van der Waals surface area (Å²) in [5.74, 6) is -0.0000251. The molecule has 0 fully saturated rings. The minimum atomic E-state index is -0.701. The van der Waals surface area contributed by atoms with Gasteiger partial charge < -0.3 is 9.09 Å². The molecule has 0 saturated heterocycles. The lowest BCUT2D eigenvalue weighted by Gasteiger charge is -2.17. The monoisotopic (exact) mass is 542 g/mol. The number of halogens is 1. The van der Waals surface area contributed by atoms with Gasteiger partial charge in [-0.3, -0.25) is 14.4 Å². The van der Waals surface area contributed by atoms with Gasteiger partial charge in [-0.1, -0.05) is 50.2 Å². The molecule has 0 aromatic carbocycles. The maximum atomic E-state index is 13.5. The summed E-state index contributed by atoms with van der Waals surface area (Å²) >= 11 is 8.95. The molecule has 36 heavy (non-hydrogen) atoms. The summed E-state index contributed by atoms with van der Waals surface area (Å²) in [6.07, 6.45) is 4.37.